The number of aromatic nitrogens is 1. The molecule has 0 aliphatic rings. The Morgan fingerprint density at radius 2 is 1.96 bits per heavy atom. The molecule has 0 saturated heterocycles. The first-order valence-corrected chi connectivity index (χ1v) is 9.74. The van der Waals surface area contributed by atoms with Crippen LogP contribution < -0.4 is 5.32 Å². The number of nitrogens with zero attached hydrogens (tertiary/aromatic N) is 1. The molecule has 0 aliphatic carbocycles. The number of aryl methyl sites for hydroxylation is 2. The average Bonchev–Trinajstić information content (AvgIpc) is 2.92. The van der Waals surface area contributed by atoms with Gasteiger partial charge in [0.15, 0.2) is 5.13 Å². The molecular formula is C19H20N2OS2. The summed E-state index contributed by atoms with van der Waals surface area (Å²) in [5.74, 6) is 1.02. The van der Waals surface area contributed by atoms with Gasteiger partial charge >= 0.3 is 0 Å². The lowest BCUT2D eigenvalue weighted by Crippen LogP contribution is -2.14. The standard InChI is InChI=1S/C19H20N2OS2/c1-4-23-15-7-5-14(6-8-15)11-17(22)21-19-20-16-10-12(2)9-13(3)18(16)24-19/h5-10H,4,11H2,1-3H3,(H,20,21,22). The number of thiazole rings is 1. The lowest BCUT2D eigenvalue weighted by atomic mass is 10.1. The summed E-state index contributed by atoms with van der Waals surface area (Å²) in [4.78, 5) is 18.0. The van der Waals surface area contributed by atoms with Gasteiger partial charge in [-0.1, -0.05) is 36.5 Å². The number of carbonyl (C=O) groups is 1. The Morgan fingerprint density at radius 3 is 2.67 bits per heavy atom. The van der Waals surface area contributed by atoms with Crippen molar-refractivity contribution >= 4 is 44.4 Å². The van der Waals surface area contributed by atoms with Crippen LogP contribution in [-0.2, 0) is 11.2 Å². The predicted octanol–water partition coefficient (Wildman–Crippen LogP) is 5.21. The van der Waals surface area contributed by atoms with Gasteiger partial charge in [-0.3, -0.25) is 4.79 Å². The summed E-state index contributed by atoms with van der Waals surface area (Å²) in [6, 6.07) is 12.4. The second-order valence-corrected chi connectivity index (χ2v) is 8.09. The number of hydrogen-bond acceptors (Lipinski definition) is 4. The molecule has 3 aromatic rings. The van der Waals surface area contributed by atoms with Crippen molar-refractivity contribution in [3.8, 4) is 0 Å². The van der Waals surface area contributed by atoms with Crippen LogP contribution in [0, 0.1) is 13.8 Å². The Balaban J connectivity index is 1.69. The first kappa shape index (κ1) is 17.0. The molecule has 24 heavy (non-hydrogen) atoms. The Bertz CT molecular complexity index is 869. The van der Waals surface area contributed by atoms with E-state index in [9.17, 15) is 4.79 Å². The molecule has 1 aromatic heterocycles. The van der Waals surface area contributed by atoms with Crippen LogP contribution in [0.1, 0.15) is 23.6 Å². The zero-order valence-electron chi connectivity index (χ0n) is 14.1. The van der Waals surface area contributed by atoms with E-state index in [1.807, 2.05) is 12.1 Å². The molecule has 0 atom stereocenters. The fourth-order valence-corrected chi connectivity index (χ4v) is 4.24. The topological polar surface area (TPSA) is 42.0 Å². The van der Waals surface area contributed by atoms with E-state index >= 15 is 0 Å². The fourth-order valence-electron chi connectivity index (χ4n) is 2.65. The Labute approximate surface area is 150 Å². The number of amides is 1. The quantitative estimate of drug-likeness (QED) is 0.638. The number of hydrogen-bond donors (Lipinski definition) is 1. The molecule has 0 unspecified atom stereocenters. The number of anilines is 1. The molecule has 3 rings (SSSR count). The summed E-state index contributed by atoms with van der Waals surface area (Å²) >= 11 is 3.34. The van der Waals surface area contributed by atoms with Gasteiger partial charge in [0, 0.05) is 4.90 Å². The molecule has 0 bridgehead atoms. The minimum Gasteiger partial charge on any atom is -0.302 e. The van der Waals surface area contributed by atoms with Crippen molar-refractivity contribution in [2.75, 3.05) is 11.1 Å². The number of rotatable bonds is 5. The molecule has 0 saturated carbocycles. The van der Waals surface area contributed by atoms with Crippen LogP contribution in [0.2, 0.25) is 0 Å². The number of carbonyl (C=O) groups excluding carboxylic acids is 1. The Morgan fingerprint density at radius 1 is 1.21 bits per heavy atom. The van der Waals surface area contributed by atoms with Gasteiger partial charge in [0.25, 0.3) is 0 Å². The third-order valence-corrected chi connectivity index (χ3v) is 5.68. The fraction of sp³-hybridized carbons (Fsp3) is 0.263. The normalized spacial score (nSPS) is 11.0. The molecule has 1 heterocycles. The first-order valence-electron chi connectivity index (χ1n) is 7.94. The highest BCUT2D eigenvalue weighted by Gasteiger charge is 2.10. The second-order valence-electron chi connectivity index (χ2n) is 5.75. The van der Waals surface area contributed by atoms with E-state index in [4.69, 9.17) is 0 Å². The minimum absolute atomic E-state index is 0.0284. The van der Waals surface area contributed by atoms with Crippen molar-refractivity contribution in [3.05, 3.63) is 53.1 Å². The van der Waals surface area contributed by atoms with Gasteiger partial charge in [-0.25, -0.2) is 4.98 Å². The monoisotopic (exact) mass is 356 g/mol. The number of thioether (sulfide) groups is 1. The molecule has 1 N–H and O–H groups in total. The summed E-state index contributed by atoms with van der Waals surface area (Å²) < 4.78 is 1.14. The van der Waals surface area contributed by atoms with Crippen molar-refractivity contribution in [1.82, 2.24) is 4.98 Å². The van der Waals surface area contributed by atoms with Crippen LogP contribution in [0.4, 0.5) is 5.13 Å². The van der Waals surface area contributed by atoms with Gasteiger partial charge in [-0.15, -0.1) is 11.8 Å². The predicted molar refractivity (Wildman–Crippen MR) is 104 cm³/mol. The van der Waals surface area contributed by atoms with Crippen molar-refractivity contribution in [2.45, 2.75) is 32.1 Å². The highest BCUT2D eigenvalue weighted by atomic mass is 32.2. The summed E-state index contributed by atoms with van der Waals surface area (Å²) in [5, 5.41) is 3.60. The molecule has 124 valence electrons. The van der Waals surface area contributed by atoms with Gasteiger partial charge in [0.1, 0.15) is 0 Å². The smallest absolute Gasteiger partial charge is 0.230 e. The molecule has 2 aromatic carbocycles. The zero-order chi connectivity index (χ0) is 17.1. The molecule has 5 heteroatoms. The molecule has 0 spiro atoms. The van der Waals surface area contributed by atoms with Crippen LogP contribution in [0.5, 0.6) is 0 Å². The maximum absolute atomic E-state index is 12.3. The van der Waals surface area contributed by atoms with Crippen molar-refractivity contribution in [3.63, 3.8) is 0 Å². The molecule has 1 amide bonds. The first-order chi connectivity index (χ1) is 11.5. The summed E-state index contributed by atoms with van der Waals surface area (Å²) in [6.07, 6.45) is 0.366. The van der Waals surface area contributed by atoms with E-state index in [0.29, 0.717) is 11.6 Å². The third-order valence-electron chi connectivity index (χ3n) is 3.67. The van der Waals surface area contributed by atoms with Crippen LogP contribution in [0.15, 0.2) is 41.3 Å². The van der Waals surface area contributed by atoms with E-state index < -0.39 is 0 Å². The molecular weight excluding hydrogens is 336 g/mol. The Kier molecular flexibility index (Phi) is 5.21. The van der Waals surface area contributed by atoms with Gasteiger partial charge in [-0.05, 0) is 54.5 Å². The number of benzene rings is 2. The lowest BCUT2D eigenvalue weighted by molar-refractivity contribution is -0.115. The van der Waals surface area contributed by atoms with Crippen molar-refractivity contribution in [1.29, 1.82) is 0 Å². The highest BCUT2D eigenvalue weighted by molar-refractivity contribution is 7.99. The van der Waals surface area contributed by atoms with Crippen molar-refractivity contribution < 1.29 is 4.79 Å². The molecule has 0 fully saturated rings. The second kappa shape index (κ2) is 7.36. The lowest BCUT2D eigenvalue weighted by Gasteiger charge is -2.03. The minimum atomic E-state index is -0.0284. The molecule has 0 aliphatic heterocycles. The van der Waals surface area contributed by atoms with Gasteiger partial charge < -0.3 is 5.32 Å². The van der Waals surface area contributed by atoms with E-state index in [2.05, 4.69) is 55.3 Å². The van der Waals surface area contributed by atoms with Crippen LogP contribution in [0.3, 0.4) is 0 Å². The summed E-state index contributed by atoms with van der Waals surface area (Å²) in [5.41, 5.74) is 4.36. The zero-order valence-corrected chi connectivity index (χ0v) is 15.7. The van der Waals surface area contributed by atoms with E-state index in [1.54, 1.807) is 11.8 Å². The molecule has 0 radical (unpaired) electrons. The van der Waals surface area contributed by atoms with Gasteiger partial charge in [-0.2, -0.15) is 0 Å². The van der Waals surface area contributed by atoms with E-state index in [1.165, 1.54) is 27.4 Å². The maximum Gasteiger partial charge on any atom is 0.230 e. The van der Waals surface area contributed by atoms with Crippen LogP contribution in [0.25, 0.3) is 10.2 Å². The Hall–Kier alpha value is -1.85. The number of nitrogens with one attached hydrogen (secondary N) is 1. The average molecular weight is 357 g/mol. The molecule has 3 nitrogen and oxygen atoms in total. The van der Waals surface area contributed by atoms with Gasteiger partial charge in [0.2, 0.25) is 5.91 Å². The van der Waals surface area contributed by atoms with Crippen LogP contribution in [-0.4, -0.2) is 16.6 Å². The highest BCUT2D eigenvalue weighted by Crippen LogP contribution is 2.29. The summed E-state index contributed by atoms with van der Waals surface area (Å²) in [6.45, 7) is 6.27. The number of fused-ring (bicyclic) bond motifs is 1. The van der Waals surface area contributed by atoms with Crippen molar-refractivity contribution in [2.24, 2.45) is 0 Å². The van der Waals surface area contributed by atoms with Gasteiger partial charge in [0.05, 0.1) is 16.6 Å². The largest absolute Gasteiger partial charge is 0.302 e. The van der Waals surface area contributed by atoms with Crippen LogP contribution >= 0.6 is 23.1 Å². The third kappa shape index (κ3) is 3.97. The van der Waals surface area contributed by atoms with E-state index in [-0.39, 0.29) is 5.91 Å². The van der Waals surface area contributed by atoms with E-state index in [0.717, 1.165) is 21.5 Å². The SMILES string of the molecule is CCSc1ccc(CC(=O)Nc2nc3cc(C)cc(C)c3s2)cc1. The summed E-state index contributed by atoms with van der Waals surface area (Å²) in [7, 11) is 0. The maximum atomic E-state index is 12.3.